The van der Waals surface area contributed by atoms with Crippen LogP contribution < -0.4 is 5.32 Å². The Morgan fingerprint density at radius 1 is 1.27 bits per heavy atom. The Kier molecular flexibility index (Phi) is 4.03. The average molecular weight is 215 g/mol. The van der Waals surface area contributed by atoms with E-state index in [1.165, 1.54) is 12.1 Å². The predicted octanol–water partition coefficient (Wildman–Crippen LogP) is 2.80. The number of halogens is 2. The van der Waals surface area contributed by atoms with Crippen molar-refractivity contribution < 1.29 is 13.5 Å². The highest BCUT2D eigenvalue weighted by Gasteiger charge is 2.12. The Bertz CT molecular complexity index is 330. The summed E-state index contributed by atoms with van der Waals surface area (Å²) in [6, 6.07) is 3.40. The Labute approximate surface area is 88.3 Å². The molecule has 1 aromatic rings. The molecule has 0 saturated carbocycles. The van der Waals surface area contributed by atoms with Gasteiger partial charge in [-0.2, -0.15) is 0 Å². The van der Waals surface area contributed by atoms with Crippen LogP contribution in [-0.2, 0) is 4.74 Å². The molecule has 0 aliphatic carbocycles. The fourth-order valence-corrected chi connectivity index (χ4v) is 1.17. The van der Waals surface area contributed by atoms with Crippen LogP contribution in [0.1, 0.15) is 13.8 Å². The Morgan fingerprint density at radius 2 is 1.93 bits per heavy atom. The van der Waals surface area contributed by atoms with Crippen molar-refractivity contribution in [3.63, 3.8) is 0 Å². The summed E-state index contributed by atoms with van der Waals surface area (Å²) < 4.78 is 30.9. The highest BCUT2D eigenvalue weighted by atomic mass is 19.1. The van der Waals surface area contributed by atoms with Crippen LogP contribution in [0.5, 0.6) is 0 Å². The zero-order valence-electron chi connectivity index (χ0n) is 9.05. The molecule has 0 aliphatic heterocycles. The first-order chi connectivity index (χ1) is 7.04. The van der Waals surface area contributed by atoms with Gasteiger partial charge in [0.1, 0.15) is 11.6 Å². The summed E-state index contributed by atoms with van der Waals surface area (Å²) in [7, 11) is 1.59. The van der Waals surface area contributed by atoms with Crippen LogP contribution >= 0.6 is 0 Å². The lowest BCUT2D eigenvalue weighted by Gasteiger charge is -2.21. The normalized spacial score (nSPS) is 14.7. The smallest absolute Gasteiger partial charge is 0.149 e. The molecule has 0 spiro atoms. The molecule has 1 rings (SSSR count). The summed E-state index contributed by atoms with van der Waals surface area (Å²) in [6.45, 7) is 3.75. The maximum absolute atomic E-state index is 13.2. The molecule has 0 bridgehead atoms. The summed E-state index contributed by atoms with van der Waals surface area (Å²) in [5.41, 5.74) is 0.285. The van der Waals surface area contributed by atoms with Crippen molar-refractivity contribution in [3.8, 4) is 0 Å². The van der Waals surface area contributed by atoms with Gasteiger partial charge in [-0.15, -0.1) is 0 Å². The minimum Gasteiger partial charge on any atom is -0.380 e. The van der Waals surface area contributed by atoms with Gasteiger partial charge in [0.05, 0.1) is 11.8 Å². The monoisotopic (exact) mass is 215 g/mol. The number of anilines is 1. The second-order valence-corrected chi connectivity index (χ2v) is 3.50. The van der Waals surface area contributed by atoms with Gasteiger partial charge in [0.2, 0.25) is 0 Å². The van der Waals surface area contributed by atoms with E-state index in [-0.39, 0.29) is 17.8 Å². The molecule has 0 aliphatic rings. The van der Waals surface area contributed by atoms with Gasteiger partial charge in [-0.1, -0.05) is 0 Å². The molecule has 0 amide bonds. The molecule has 2 atom stereocenters. The van der Waals surface area contributed by atoms with Gasteiger partial charge in [0, 0.05) is 19.2 Å². The molecule has 2 nitrogen and oxygen atoms in total. The van der Waals surface area contributed by atoms with Crippen molar-refractivity contribution in [1.29, 1.82) is 0 Å². The van der Waals surface area contributed by atoms with Gasteiger partial charge >= 0.3 is 0 Å². The van der Waals surface area contributed by atoms with Gasteiger partial charge in [-0.3, -0.25) is 0 Å². The van der Waals surface area contributed by atoms with Gasteiger partial charge in [0.25, 0.3) is 0 Å². The van der Waals surface area contributed by atoms with E-state index in [0.29, 0.717) is 0 Å². The summed E-state index contributed by atoms with van der Waals surface area (Å²) in [5, 5.41) is 2.92. The lowest BCUT2D eigenvalue weighted by molar-refractivity contribution is 0.106. The van der Waals surface area contributed by atoms with Crippen LogP contribution in [0.4, 0.5) is 14.5 Å². The van der Waals surface area contributed by atoms with E-state index in [2.05, 4.69) is 5.32 Å². The standard InChI is InChI=1S/C11H15F2NO/c1-7(8(2)15-3)14-11-5-4-9(12)6-10(11)13/h4-8,14H,1-3H3. The van der Waals surface area contributed by atoms with Crippen LogP contribution in [0.25, 0.3) is 0 Å². The number of hydrogen-bond donors (Lipinski definition) is 1. The Balaban J connectivity index is 2.72. The van der Waals surface area contributed by atoms with E-state index < -0.39 is 11.6 Å². The van der Waals surface area contributed by atoms with Crippen LogP contribution in [0.2, 0.25) is 0 Å². The van der Waals surface area contributed by atoms with E-state index in [0.717, 1.165) is 6.07 Å². The topological polar surface area (TPSA) is 21.3 Å². The number of rotatable bonds is 4. The maximum atomic E-state index is 13.2. The van der Waals surface area contributed by atoms with Crippen molar-refractivity contribution in [1.82, 2.24) is 0 Å². The van der Waals surface area contributed by atoms with Crippen molar-refractivity contribution >= 4 is 5.69 Å². The van der Waals surface area contributed by atoms with Crippen LogP contribution in [0.15, 0.2) is 18.2 Å². The fraction of sp³-hybridized carbons (Fsp3) is 0.455. The molecule has 2 unspecified atom stereocenters. The highest BCUT2D eigenvalue weighted by molar-refractivity contribution is 5.45. The second-order valence-electron chi connectivity index (χ2n) is 3.50. The number of ether oxygens (including phenoxy) is 1. The predicted molar refractivity (Wildman–Crippen MR) is 55.9 cm³/mol. The summed E-state index contributed by atoms with van der Waals surface area (Å²) >= 11 is 0. The Hall–Kier alpha value is -1.16. The molecule has 0 saturated heterocycles. The molecular weight excluding hydrogens is 200 g/mol. The molecule has 0 heterocycles. The van der Waals surface area contributed by atoms with Crippen LogP contribution in [0.3, 0.4) is 0 Å². The van der Waals surface area contributed by atoms with E-state index in [9.17, 15) is 8.78 Å². The van der Waals surface area contributed by atoms with E-state index in [4.69, 9.17) is 4.74 Å². The quantitative estimate of drug-likeness (QED) is 0.833. The lowest BCUT2D eigenvalue weighted by atomic mass is 10.2. The largest absolute Gasteiger partial charge is 0.380 e. The van der Waals surface area contributed by atoms with E-state index >= 15 is 0 Å². The molecule has 0 radical (unpaired) electrons. The molecular formula is C11H15F2NO. The fourth-order valence-electron chi connectivity index (χ4n) is 1.17. The minimum absolute atomic E-state index is 0.0463. The second kappa shape index (κ2) is 5.07. The third-order valence-electron chi connectivity index (χ3n) is 2.39. The summed E-state index contributed by atoms with van der Waals surface area (Å²) in [5.74, 6) is -1.17. The number of benzene rings is 1. The average Bonchev–Trinajstić information content (AvgIpc) is 2.20. The van der Waals surface area contributed by atoms with Crippen molar-refractivity contribution in [2.24, 2.45) is 0 Å². The first-order valence-electron chi connectivity index (χ1n) is 4.79. The third-order valence-corrected chi connectivity index (χ3v) is 2.39. The van der Waals surface area contributed by atoms with Crippen LogP contribution in [-0.4, -0.2) is 19.3 Å². The third kappa shape index (κ3) is 3.16. The van der Waals surface area contributed by atoms with Gasteiger partial charge < -0.3 is 10.1 Å². The van der Waals surface area contributed by atoms with E-state index in [1.807, 2.05) is 13.8 Å². The van der Waals surface area contributed by atoms with Crippen LogP contribution in [0, 0.1) is 11.6 Å². The van der Waals surface area contributed by atoms with Crippen molar-refractivity contribution in [2.45, 2.75) is 26.0 Å². The highest BCUT2D eigenvalue weighted by Crippen LogP contribution is 2.17. The first kappa shape index (κ1) is 11.9. The van der Waals surface area contributed by atoms with Crippen molar-refractivity contribution in [2.75, 3.05) is 12.4 Å². The molecule has 84 valence electrons. The van der Waals surface area contributed by atoms with Crippen molar-refractivity contribution in [3.05, 3.63) is 29.8 Å². The van der Waals surface area contributed by atoms with Gasteiger partial charge in [-0.05, 0) is 26.0 Å². The molecule has 1 aromatic carbocycles. The minimum atomic E-state index is -0.592. The van der Waals surface area contributed by atoms with E-state index in [1.54, 1.807) is 7.11 Å². The molecule has 15 heavy (non-hydrogen) atoms. The lowest BCUT2D eigenvalue weighted by Crippen LogP contribution is -2.30. The summed E-state index contributed by atoms with van der Waals surface area (Å²) in [4.78, 5) is 0. The first-order valence-corrected chi connectivity index (χ1v) is 4.79. The zero-order valence-corrected chi connectivity index (χ0v) is 9.05. The summed E-state index contributed by atoms with van der Waals surface area (Å²) in [6.07, 6.45) is -0.0468. The molecule has 0 aromatic heterocycles. The zero-order chi connectivity index (χ0) is 11.4. The maximum Gasteiger partial charge on any atom is 0.149 e. The van der Waals surface area contributed by atoms with Gasteiger partial charge in [-0.25, -0.2) is 8.78 Å². The number of hydrogen-bond acceptors (Lipinski definition) is 2. The van der Waals surface area contributed by atoms with Gasteiger partial charge in [0.15, 0.2) is 0 Å². The molecule has 0 fully saturated rings. The SMILES string of the molecule is COC(C)C(C)Nc1ccc(F)cc1F. The molecule has 4 heteroatoms. The Morgan fingerprint density at radius 3 is 2.47 bits per heavy atom. The molecule has 1 N–H and O–H groups in total. The number of nitrogens with one attached hydrogen (secondary N) is 1. The number of methoxy groups -OCH3 is 1.